The molecular weight excluding hydrogens is 104 g/mol. The summed E-state index contributed by atoms with van der Waals surface area (Å²) in [6.45, 7) is 5.34. The van der Waals surface area contributed by atoms with Gasteiger partial charge in [-0.1, -0.05) is 19.9 Å². The number of hydrogen-bond acceptors (Lipinski definition) is 1. The Morgan fingerprint density at radius 1 is 1.57 bits per heavy atom. The van der Waals surface area contributed by atoms with E-state index < -0.39 is 0 Å². The van der Waals surface area contributed by atoms with Crippen LogP contribution in [0.3, 0.4) is 0 Å². The van der Waals surface area contributed by atoms with E-state index in [0.717, 1.165) is 6.61 Å². The lowest BCUT2D eigenvalue weighted by atomic mass is 10.4. The minimum absolute atomic E-state index is 0.106. The molecule has 0 spiro atoms. The van der Waals surface area contributed by atoms with Crippen LogP contribution in [-0.2, 0) is 4.43 Å². The SMILES string of the molecule is CCCCO[SiH2]C. The van der Waals surface area contributed by atoms with Crippen LogP contribution in [0.5, 0.6) is 0 Å². The standard InChI is InChI=1S/C5H14OSi/c1-3-4-5-6-7-2/h3-5,7H2,1-2H3. The molecule has 7 heavy (non-hydrogen) atoms. The van der Waals surface area contributed by atoms with Gasteiger partial charge in [-0.3, -0.25) is 0 Å². The highest BCUT2D eigenvalue weighted by Gasteiger charge is 1.78. The van der Waals surface area contributed by atoms with Crippen LogP contribution in [-0.4, -0.2) is 16.4 Å². The van der Waals surface area contributed by atoms with Crippen molar-refractivity contribution < 1.29 is 4.43 Å². The van der Waals surface area contributed by atoms with E-state index in [4.69, 9.17) is 4.43 Å². The smallest absolute Gasteiger partial charge is 0.158 e. The third kappa shape index (κ3) is 6.18. The van der Waals surface area contributed by atoms with Crippen LogP contribution in [0.4, 0.5) is 0 Å². The van der Waals surface area contributed by atoms with E-state index in [1.165, 1.54) is 12.8 Å². The van der Waals surface area contributed by atoms with Crippen LogP contribution in [0, 0.1) is 0 Å². The highest BCUT2D eigenvalue weighted by molar-refractivity contribution is 6.24. The molecule has 44 valence electrons. The molecule has 0 fully saturated rings. The van der Waals surface area contributed by atoms with Gasteiger partial charge < -0.3 is 4.43 Å². The molecule has 0 rings (SSSR count). The molecule has 0 bridgehead atoms. The fraction of sp³-hybridized carbons (Fsp3) is 1.00. The van der Waals surface area contributed by atoms with E-state index in [1.54, 1.807) is 0 Å². The Labute approximate surface area is 48.0 Å². The van der Waals surface area contributed by atoms with Crippen molar-refractivity contribution >= 4 is 9.76 Å². The monoisotopic (exact) mass is 118 g/mol. The summed E-state index contributed by atoms with van der Waals surface area (Å²) in [5.74, 6) is 0. The molecule has 0 amide bonds. The summed E-state index contributed by atoms with van der Waals surface area (Å²) < 4.78 is 5.21. The van der Waals surface area contributed by atoms with Crippen LogP contribution in [0.1, 0.15) is 19.8 Å². The summed E-state index contributed by atoms with van der Waals surface area (Å²) in [6, 6.07) is 0. The van der Waals surface area contributed by atoms with Crippen LogP contribution >= 0.6 is 0 Å². The van der Waals surface area contributed by atoms with Gasteiger partial charge in [0.1, 0.15) is 0 Å². The van der Waals surface area contributed by atoms with E-state index in [-0.39, 0.29) is 9.76 Å². The van der Waals surface area contributed by atoms with Crippen LogP contribution in [0.15, 0.2) is 0 Å². The predicted octanol–water partition coefficient (Wildman–Crippen LogP) is 0.935. The van der Waals surface area contributed by atoms with Gasteiger partial charge in [0, 0.05) is 6.61 Å². The first-order valence-corrected chi connectivity index (χ1v) is 4.98. The quantitative estimate of drug-likeness (QED) is 0.394. The average Bonchev–Trinajstić information content (AvgIpc) is 1.69. The predicted molar refractivity (Wildman–Crippen MR) is 35.3 cm³/mol. The molecule has 0 aromatic carbocycles. The molecule has 0 aromatic rings. The van der Waals surface area contributed by atoms with Crippen molar-refractivity contribution in [3.8, 4) is 0 Å². The van der Waals surface area contributed by atoms with Gasteiger partial charge in [0.2, 0.25) is 0 Å². The lowest BCUT2D eigenvalue weighted by molar-refractivity contribution is 0.329. The zero-order valence-electron chi connectivity index (χ0n) is 5.24. The maximum atomic E-state index is 5.21. The summed E-state index contributed by atoms with van der Waals surface area (Å²) in [7, 11) is -0.106. The molecule has 1 nitrogen and oxygen atoms in total. The van der Waals surface area contributed by atoms with Crippen LogP contribution in [0.25, 0.3) is 0 Å². The Bertz CT molecular complexity index is 27.3. The second kappa shape index (κ2) is 6.18. The zero-order chi connectivity index (χ0) is 5.54. The maximum Gasteiger partial charge on any atom is 0.158 e. The molecule has 0 saturated heterocycles. The minimum Gasteiger partial charge on any atom is -0.424 e. The van der Waals surface area contributed by atoms with Crippen LogP contribution < -0.4 is 0 Å². The van der Waals surface area contributed by atoms with Gasteiger partial charge in [-0.25, -0.2) is 0 Å². The van der Waals surface area contributed by atoms with Gasteiger partial charge in [0.15, 0.2) is 9.76 Å². The molecule has 0 aliphatic heterocycles. The Hall–Kier alpha value is 0.177. The van der Waals surface area contributed by atoms with E-state index in [9.17, 15) is 0 Å². The van der Waals surface area contributed by atoms with Crippen molar-refractivity contribution in [1.82, 2.24) is 0 Å². The van der Waals surface area contributed by atoms with Gasteiger partial charge in [-0.2, -0.15) is 0 Å². The third-order valence-electron chi connectivity index (χ3n) is 0.846. The van der Waals surface area contributed by atoms with E-state index >= 15 is 0 Å². The molecular formula is C5H14OSi. The lowest BCUT2D eigenvalue weighted by Gasteiger charge is -1.94. The number of rotatable bonds is 4. The molecule has 0 aliphatic carbocycles. The van der Waals surface area contributed by atoms with Gasteiger partial charge in [0.25, 0.3) is 0 Å². The number of hydrogen-bond donors (Lipinski definition) is 0. The topological polar surface area (TPSA) is 9.23 Å². The van der Waals surface area contributed by atoms with Crippen LogP contribution in [0.2, 0.25) is 6.55 Å². The number of unbranched alkanes of at least 4 members (excludes halogenated alkanes) is 1. The molecule has 0 aromatic heterocycles. The van der Waals surface area contributed by atoms with Crippen molar-refractivity contribution in [3.63, 3.8) is 0 Å². The van der Waals surface area contributed by atoms with Crippen molar-refractivity contribution in [1.29, 1.82) is 0 Å². The van der Waals surface area contributed by atoms with E-state index in [1.807, 2.05) is 0 Å². The Balaban J connectivity index is 2.45. The Morgan fingerprint density at radius 3 is 2.71 bits per heavy atom. The minimum atomic E-state index is -0.106. The molecule has 0 radical (unpaired) electrons. The lowest BCUT2D eigenvalue weighted by Crippen LogP contribution is -1.94. The van der Waals surface area contributed by atoms with Gasteiger partial charge >= 0.3 is 0 Å². The molecule has 0 heterocycles. The van der Waals surface area contributed by atoms with Gasteiger partial charge in [-0.15, -0.1) is 0 Å². The molecule has 0 aliphatic rings. The summed E-state index contributed by atoms with van der Waals surface area (Å²) >= 11 is 0. The second-order valence-electron chi connectivity index (χ2n) is 1.55. The first kappa shape index (κ1) is 7.18. The Kier molecular flexibility index (Phi) is 6.33. The first-order chi connectivity index (χ1) is 3.41. The van der Waals surface area contributed by atoms with Crippen molar-refractivity contribution in [2.45, 2.75) is 26.3 Å². The second-order valence-corrected chi connectivity index (χ2v) is 2.54. The summed E-state index contributed by atoms with van der Waals surface area (Å²) in [5.41, 5.74) is 0. The van der Waals surface area contributed by atoms with E-state index in [2.05, 4.69) is 13.5 Å². The summed E-state index contributed by atoms with van der Waals surface area (Å²) in [5, 5.41) is 0. The van der Waals surface area contributed by atoms with Crippen molar-refractivity contribution in [2.24, 2.45) is 0 Å². The maximum absolute atomic E-state index is 5.21. The normalized spacial score (nSPS) is 11.1. The fourth-order valence-electron chi connectivity index (χ4n) is 0.391. The summed E-state index contributed by atoms with van der Waals surface area (Å²) in [6.07, 6.45) is 2.50. The summed E-state index contributed by atoms with van der Waals surface area (Å²) in [4.78, 5) is 0. The third-order valence-corrected chi connectivity index (χ3v) is 1.54. The molecule has 0 N–H and O–H groups in total. The largest absolute Gasteiger partial charge is 0.424 e. The molecule has 0 unspecified atom stereocenters. The highest BCUT2D eigenvalue weighted by Crippen LogP contribution is 1.84. The molecule has 0 atom stereocenters. The highest BCUT2D eigenvalue weighted by atomic mass is 28.2. The van der Waals surface area contributed by atoms with E-state index in [0.29, 0.717) is 0 Å². The van der Waals surface area contributed by atoms with Gasteiger partial charge in [0.05, 0.1) is 0 Å². The average molecular weight is 118 g/mol. The first-order valence-electron chi connectivity index (χ1n) is 2.99. The molecule has 2 heteroatoms. The van der Waals surface area contributed by atoms with Gasteiger partial charge in [-0.05, 0) is 6.42 Å². The van der Waals surface area contributed by atoms with Crippen molar-refractivity contribution in [2.75, 3.05) is 6.61 Å². The van der Waals surface area contributed by atoms with Crippen molar-refractivity contribution in [3.05, 3.63) is 0 Å². The molecule has 0 saturated carbocycles. The fourth-order valence-corrected chi connectivity index (χ4v) is 0.884. The zero-order valence-corrected chi connectivity index (χ0v) is 6.65. The Morgan fingerprint density at radius 2 is 2.29 bits per heavy atom.